The molecule has 162 valence electrons. The molecule has 2 heterocycles. The van der Waals surface area contributed by atoms with Gasteiger partial charge in [0.2, 0.25) is 0 Å². The first-order valence-corrected chi connectivity index (χ1v) is 10.4. The van der Waals surface area contributed by atoms with Crippen LogP contribution < -0.4 is 21.6 Å². The molecule has 0 bridgehead atoms. The zero-order valence-corrected chi connectivity index (χ0v) is 18.4. The number of nitrogens with two attached hydrogens (primary N) is 1. The molecule has 4 rings (SSSR count). The highest BCUT2D eigenvalue weighted by Crippen LogP contribution is 2.36. The summed E-state index contributed by atoms with van der Waals surface area (Å²) in [6.07, 6.45) is 0.675. The molecule has 31 heavy (non-hydrogen) atoms. The molecule has 2 aromatic carbocycles. The van der Waals surface area contributed by atoms with Crippen molar-refractivity contribution in [2.75, 3.05) is 13.7 Å². The van der Waals surface area contributed by atoms with E-state index in [0.717, 1.165) is 33.6 Å². The van der Waals surface area contributed by atoms with E-state index in [1.54, 1.807) is 15.2 Å². The van der Waals surface area contributed by atoms with Crippen molar-refractivity contribution in [3.8, 4) is 22.8 Å². The summed E-state index contributed by atoms with van der Waals surface area (Å²) in [7, 11) is 1.53. The molecule has 1 aliphatic rings. The quantitative estimate of drug-likeness (QED) is 0.678. The number of methoxy groups -OCH3 is 1. The molecular formula is C24H28N4O3. The number of aromatic nitrogens is 2. The van der Waals surface area contributed by atoms with Crippen LogP contribution in [0.4, 0.5) is 5.69 Å². The molecule has 7 nitrogen and oxygen atoms in total. The summed E-state index contributed by atoms with van der Waals surface area (Å²) in [6.45, 7) is 7.36. The third kappa shape index (κ3) is 3.65. The lowest BCUT2D eigenvalue weighted by atomic mass is 9.97. The number of hydrogen-bond donors (Lipinski definition) is 2. The fourth-order valence-electron chi connectivity index (χ4n) is 4.41. The highest BCUT2D eigenvalue weighted by Gasteiger charge is 2.22. The van der Waals surface area contributed by atoms with Gasteiger partial charge in [0, 0.05) is 31.3 Å². The first-order valence-electron chi connectivity index (χ1n) is 10.4. The van der Waals surface area contributed by atoms with Crippen LogP contribution in [-0.4, -0.2) is 27.9 Å². The van der Waals surface area contributed by atoms with Crippen molar-refractivity contribution in [2.45, 2.75) is 40.3 Å². The molecule has 1 aliphatic heterocycles. The standard InChI is InChI=1S/C24H28N4O3/c1-14-9-15(2)23(16(3)10-14)26-22-13-19-18-12-20(29)21(31-4)11-17(18)5-7-27(19)24(30)28(22)8-6-25/h9-13,29H,5-8,25H2,1-4H3. The van der Waals surface area contributed by atoms with Gasteiger partial charge in [-0.3, -0.25) is 9.13 Å². The van der Waals surface area contributed by atoms with E-state index >= 15 is 0 Å². The number of hydrogen-bond acceptors (Lipinski definition) is 5. The Balaban J connectivity index is 2.03. The Labute approximate surface area is 181 Å². The van der Waals surface area contributed by atoms with Crippen molar-refractivity contribution < 1.29 is 9.84 Å². The van der Waals surface area contributed by atoms with Crippen LogP contribution in [0.5, 0.6) is 11.5 Å². The van der Waals surface area contributed by atoms with Crippen LogP contribution in [0.3, 0.4) is 0 Å². The number of fused-ring (bicyclic) bond motifs is 3. The molecule has 3 N–H and O–H groups in total. The predicted octanol–water partition coefficient (Wildman–Crippen LogP) is 2.70. The van der Waals surface area contributed by atoms with Crippen molar-refractivity contribution in [3.05, 3.63) is 68.6 Å². The summed E-state index contributed by atoms with van der Waals surface area (Å²) in [6, 6.07) is 9.59. The van der Waals surface area contributed by atoms with Gasteiger partial charge in [0.25, 0.3) is 0 Å². The highest BCUT2D eigenvalue weighted by molar-refractivity contribution is 5.69. The summed E-state index contributed by atoms with van der Waals surface area (Å²) in [5, 5.41) is 10.3. The van der Waals surface area contributed by atoms with E-state index in [9.17, 15) is 9.90 Å². The van der Waals surface area contributed by atoms with Gasteiger partial charge in [-0.2, -0.15) is 0 Å². The van der Waals surface area contributed by atoms with E-state index in [2.05, 4.69) is 19.1 Å². The van der Waals surface area contributed by atoms with Crippen LogP contribution in [0.1, 0.15) is 22.3 Å². The maximum absolute atomic E-state index is 13.4. The van der Waals surface area contributed by atoms with Crippen molar-refractivity contribution in [1.82, 2.24) is 9.13 Å². The lowest BCUT2D eigenvalue weighted by molar-refractivity contribution is 0.372. The summed E-state index contributed by atoms with van der Waals surface area (Å²) in [5.41, 5.74) is 12.9. The number of nitrogens with zero attached hydrogens (tertiary/aromatic N) is 3. The first-order chi connectivity index (χ1) is 14.8. The van der Waals surface area contributed by atoms with Crippen LogP contribution in [-0.2, 0) is 19.5 Å². The fraction of sp³-hybridized carbons (Fsp3) is 0.333. The van der Waals surface area contributed by atoms with E-state index in [0.29, 0.717) is 37.3 Å². The van der Waals surface area contributed by atoms with Gasteiger partial charge >= 0.3 is 5.69 Å². The Morgan fingerprint density at radius 2 is 1.84 bits per heavy atom. The van der Waals surface area contributed by atoms with Crippen molar-refractivity contribution in [2.24, 2.45) is 10.7 Å². The number of ether oxygens (including phenoxy) is 1. The average molecular weight is 421 g/mol. The molecule has 0 amide bonds. The molecule has 7 heteroatoms. The Kier molecular flexibility index (Phi) is 5.45. The van der Waals surface area contributed by atoms with Crippen LogP contribution in [0.25, 0.3) is 11.3 Å². The number of benzene rings is 2. The summed E-state index contributed by atoms with van der Waals surface area (Å²) >= 11 is 0. The van der Waals surface area contributed by atoms with Gasteiger partial charge in [0.15, 0.2) is 11.5 Å². The first kappa shape index (κ1) is 20.9. The lowest BCUT2D eigenvalue weighted by Gasteiger charge is -2.24. The normalized spacial score (nSPS) is 13.1. The molecule has 0 atom stereocenters. The van der Waals surface area contributed by atoms with Crippen molar-refractivity contribution in [1.29, 1.82) is 0 Å². The van der Waals surface area contributed by atoms with Gasteiger partial charge in [0.1, 0.15) is 5.49 Å². The van der Waals surface area contributed by atoms with E-state index in [4.69, 9.17) is 15.5 Å². The van der Waals surface area contributed by atoms with E-state index < -0.39 is 0 Å². The maximum Gasteiger partial charge on any atom is 0.330 e. The summed E-state index contributed by atoms with van der Waals surface area (Å²) in [4.78, 5) is 18.3. The second-order valence-corrected chi connectivity index (χ2v) is 8.05. The number of phenols is 1. The molecule has 3 aromatic rings. The van der Waals surface area contributed by atoms with Crippen LogP contribution in [0, 0.1) is 20.8 Å². The van der Waals surface area contributed by atoms with Gasteiger partial charge < -0.3 is 15.6 Å². The van der Waals surface area contributed by atoms with E-state index in [1.807, 2.05) is 26.0 Å². The lowest BCUT2D eigenvalue weighted by Crippen LogP contribution is -2.43. The monoisotopic (exact) mass is 420 g/mol. The Bertz CT molecular complexity index is 1280. The minimum Gasteiger partial charge on any atom is -0.504 e. The molecule has 0 saturated heterocycles. The molecule has 0 fully saturated rings. The summed E-state index contributed by atoms with van der Waals surface area (Å²) in [5.74, 6) is 0.476. The number of aryl methyl sites for hydroxylation is 4. The van der Waals surface area contributed by atoms with Crippen molar-refractivity contribution in [3.63, 3.8) is 0 Å². The molecule has 0 saturated carbocycles. The minimum absolute atomic E-state index is 0.0459. The SMILES string of the molecule is COc1cc2c(cc1O)-c1cc(=Nc3c(C)cc(C)cc3C)n(CCN)c(=O)n1CC2. The topological polar surface area (TPSA) is 94.8 Å². The van der Waals surface area contributed by atoms with Crippen molar-refractivity contribution >= 4 is 5.69 Å². The third-order valence-corrected chi connectivity index (χ3v) is 5.79. The predicted molar refractivity (Wildman–Crippen MR) is 121 cm³/mol. The Hall–Kier alpha value is -3.32. The van der Waals surface area contributed by atoms with Crippen LogP contribution >= 0.6 is 0 Å². The average Bonchev–Trinajstić information content (AvgIpc) is 2.72. The Morgan fingerprint density at radius 3 is 2.48 bits per heavy atom. The number of phenolic OH excluding ortho intramolecular Hbond substituents is 1. The zero-order chi connectivity index (χ0) is 22.3. The molecule has 0 spiro atoms. The van der Waals surface area contributed by atoms with Crippen LogP contribution in [0.2, 0.25) is 0 Å². The highest BCUT2D eigenvalue weighted by atomic mass is 16.5. The largest absolute Gasteiger partial charge is 0.504 e. The molecular weight excluding hydrogens is 392 g/mol. The van der Waals surface area contributed by atoms with Gasteiger partial charge in [-0.15, -0.1) is 0 Å². The molecule has 1 aromatic heterocycles. The minimum atomic E-state index is -0.148. The number of aromatic hydroxyl groups is 1. The fourth-order valence-corrected chi connectivity index (χ4v) is 4.41. The number of rotatable bonds is 4. The Morgan fingerprint density at radius 1 is 1.13 bits per heavy atom. The molecule has 0 unspecified atom stereocenters. The van der Waals surface area contributed by atoms with E-state index in [-0.39, 0.29) is 11.4 Å². The molecule has 0 radical (unpaired) electrons. The third-order valence-electron chi connectivity index (χ3n) is 5.79. The van der Waals surface area contributed by atoms with Gasteiger partial charge in [-0.25, -0.2) is 9.79 Å². The van der Waals surface area contributed by atoms with Crippen LogP contribution in [0.15, 0.2) is 40.1 Å². The maximum atomic E-state index is 13.4. The second-order valence-electron chi connectivity index (χ2n) is 8.05. The van der Waals surface area contributed by atoms with Gasteiger partial charge in [-0.05, 0) is 56.0 Å². The summed E-state index contributed by atoms with van der Waals surface area (Å²) < 4.78 is 8.63. The second kappa shape index (κ2) is 8.07. The molecule has 0 aliphatic carbocycles. The zero-order valence-electron chi connectivity index (χ0n) is 18.4. The smallest absolute Gasteiger partial charge is 0.330 e. The van der Waals surface area contributed by atoms with E-state index in [1.165, 1.54) is 12.7 Å². The van der Waals surface area contributed by atoms with Gasteiger partial charge in [0.05, 0.1) is 18.5 Å². The van der Waals surface area contributed by atoms with Gasteiger partial charge in [-0.1, -0.05) is 17.7 Å².